The summed E-state index contributed by atoms with van der Waals surface area (Å²) < 4.78 is 4.00. The summed E-state index contributed by atoms with van der Waals surface area (Å²) in [5, 5.41) is 13.0. The lowest BCUT2D eigenvalue weighted by atomic mass is 10.1. The third-order valence-corrected chi connectivity index (χ3v) is 4.11. The van der Waals surface area contributed by atoms with Gasteiger partial charge in [-0.25, -0.2) is 0 Å². The van der Waals surface area contributed by atoms with Gasteiger partial charge in [-0.05, 0) is 40.5 Å². The lowest BCUT2D eigenvalue weighted by Crippen LogP contribution is -2.15. The predicted octanol–water partition coefficient (Wildman–Crippen LogP) is 2.73. The van der Waals surface area contributed by atoms with Crippen molar-refractivity contribution < 1.29 is 0 Å². The number of aromatic nitrogens is 4. The molecule has 5 heteroatoms. The first kappa shape index (κ1) is 14.3. The molecule has 1 saturated carbocycles. The fourth-order valence-corrected chi connectivity index (χ4v) is 2.93. The molecule has 0 radical (unpaired) electrons. The molecule has 21 heavy (non-hydrogen) atoms. The molecule has 5 nitrogen and oxygen atoms in total. The van der Waals surface area contributed by atoms with E-state index in [1.54, 1.807) is 0 Å². The molecule has 114 valence electrons. The highest BCUT2D eigenvalue weighted by atomic mass is 15.3. The van der Waals surface area contributed by atoms with Crippen LogP contribution < -0.4 is 5.32 Å². The normalized spacial score (nSPS) is 15.1. The molecule has 0 spiro atoms. The third kappa shape index (κ3) is 2.75. The Bertz CT molecular complexity index is 646. The Balaban J connectivity index is 1.99. The first-order valence-corrected chi connectivity index (χ1v) is 7.79. The molecule has 1 fully saturated rings. The quantitative estimate of drug-likeness (QED) is 0.920. The van der Waals surface area contributed by atoms with E-state index >= 15 is 0 Å². The van der Waals surface area contributed by atoms with Gasteiger partial charge in [0.05, 0.1) is 5.69 Å². The molecule has 0 amide bonds. The van der Waals surface area contributed by atoms with Gasteiger partial charge in [-0.1, -0.05) is 0 Å². The van der Waals surface area contributed by atoms with E-state index in [9.17, 15) is 0 Å². The standard InChI is InChI=1S/C16H25N5/c1-10(2)21-12(4)15(11(3)18-21)16-13(9-20(5)19-16)8-17-14-6-7-14/h9-10,14,17H,6-8H2,1-5H3. The van der Waals surface area contributed by atoms with E-state index in [4.69, 9.17) is 10.2 Å². The molecule has 0 atom stereocenters. The van der Waals surface area contributed by atoms with Crippen LogP contribution in [0.4, 0.5) is 0 Å². The highest BCUT2D eigenvalue weighted by Crippen LogP contribution is 2.30. The van der Waals surface area contributed by atoms with Gasteiger partial charge in [0.1, 0.15) is 5.69 Å². The molecule has 2 heterocycles. The van der Waals surface area contributed by atoms with Crippen molar-refractivity contribution in [3.8, 4) is 11.3 Å². The number of hydrogen-bond donors (Lipinski definition) is 1. The first-order chi connectivity index (χ1) is 9.97. The van der Waals surface area contributed by atoms with Gasteiger partial charge in [0.25, 0.3) is 0 Å². The van der Waals surface area contributed by atoms with Gasteiger partial charge < -0.3 is 5.32 Å². The van der Waals surface area contributed by atoms with E-state index in [0.717, 1.165) is 17.9 Å². The van der Waals surface area contributed by atoms with Crippen molar-refractivity contribution in [2.45, 2.75) is 59.2 Å². The lowest BCUT2D eigenvalue weighted by Gasteiger charge is -2.09. The molecule has 0 aromatic carbocycles. The van der Waals surface area contributed by atoms with E-state index in [0.29, 0.717) is 12.1 Å². The molecular weight excluding hydrogens is 262 g/mol. The van der Waals surface area contributed by atoms with Crippen molar-refractivity contribution in [3.05, 3.63) is 23.1 Å². The molecule has 0 aliphatic heterocycles. The summed E-state index contributed by atoms with van der Waals surface area (Å²) >= 11 is 0. The zero-order chi connectivity index (χ0) is 15.1. The van der Waals surface area contributed by atoms with Crippen LogP contribution in [0.3, 0.4) is 0 Å². The zero-order valence-electron chi connectivity index (χ0n) is 13.6. The van der Waals surface area contributed by atoms with Gasteiger partial charge >= 0.3 is 0 Å². The topological polar surface area (TPSA) is 47.7 Å². The summed E-state index contributed by atoms with van der Waals surface area (Å²) in [4.78, 5) is 0. The number of hydrogen-bond acceptors (Lipinski definition) is 3. The van der Waals surface area contributed by atoms with Gasteiger partial charge in [-0.15, -0.1) is 0 Å². The SMILES string of the molecule is Cc1nn(C(C)C)c(C)c1-c1nn(C)cc1CNC1CC1. The molecule has 0 unspecified atom stereocenters. The van der Waals surface area contributed by atoms with Crippen LogP contribution in [0.2, 0.25) is 0 Å². The van der Waals surface area contributed by atoms with Crippen molar-refractivity contribution >= 4 is 0 Å². The van der Waals surface area contributed by atoms with E-state index < -0.39 is 0 Å². The summed E-state index contributed by atoms with van der Waals surface area (Å²) in [5.41, 5.74) is 5.80. The number of nitrogens with zero attached hydrogens (tertiary/aromatic N) is 4. The number of aryl methyl sites for hydroxylation is 2. The second-order valence-corrected chi connectivity index (χ2v) is 6.42. The van der Waals surface area contributed by atoms with Crippen LogP contribution in [0.1, 0.15) is 49.7 Å². The zero-order valence-corrected chi connectivity index (χ0v) is 13.6. The smallest absolute Gasteiger partial charge is 0.100 e. The highest BCUT2D eigenvalue weighted by Gasteiger charge is 2.23. The maximum atomic E-state index is 4.70. The Kier molecular flexibility index (Phi) is 3.61. The van der Waals surface area contributed by atoms with Gasteiger partial charge in [0.2, 0.25) is 0 Å². The van der Waals surface area contributed by atoms with Gasteiger partial charge in [0, 0.05) is 48.7 Å². The van der Waals surface area contributed by atoms with E-state index in [1.807, 2.05) is 11.7 Å². The average Bonchev–Trinajstić information content (AvgIpc) is 3.10. The van der Waals surface area contributed by atoms with Crippen LogP contribution in [0.5, 0.6) is 0 Å². The highest BCUT2D eigenvalue weighted by molar-refractivity contribution is 5.68. The molecule has 2 aromatic heterocycles. The Morgan fingerprint density at radius 3 is 2.57 bits per heavy atom. The number of nitrogens with one attached hydrogen (secondary N) is 1. The van der Waals surface area contributed by atoms with Gasteiger partial charge in [-0.2, -0.15) is 10.2 Å². The summed E-state index contributed by atoms with van der Waals surface area (Å²) in [6, 6.07) is 1.08. The maximum Gasteiger partial charge on any atom is 0.100 e. The Labute approximate surface area is 126 Å². The molecule has 1 N–H and O–H groups in total. The fourth-order valence-electron chi connectivity index (χ4n) is 2.93. The van der Waals surface area contributed by atoms with Crippen molar-refractivity contribution in [3.63, 3.8) is 0 Å². The summed E-state index contributed by atoms with van der Waals surface area (Å²) in [5.74, 6) is 0. The molecular formula is C16H25N5. The lowest BCUT2D eigenvalue weighted by molar-refractivity contribution is 0.516. The summed E-state index contributed by atoms with van der Waals surface area (Å²) in [6.45, 7) is 9.43. The maximum absolute atomic E-state index is 4.70. The van der Waals surface area contributed by atoms with Crippen molar-refractivity contribution in [2.75, 3.05) is 0 Å². The average molecular weight is 287 g/mol. The molecule has 2 aromatic rings. The van der Waals surface area contributed by atoms with Crippen molar-refractivity contribution in [1.82, 2.24) is 24.9 Å². The van der Waals surface area contributed by atoms with Crippen LogP contribution in [0.25, 0.3) is 11.3 Å². The monoisotopic (exact) mass is 287 g/mol. The molecule has 3 rings (SSSR count). The molecule has 1 aliphatic rings. The van der Waals surface area contributed by atoms with Crippen LogP contribution >= 0.6 is 0 Å². The second kappa shape index (κ2) is 5.30. The second-order valence-electron chi connectivity index (χ2n) is 6.42. The van der Waals surface area contributed by atoms with Crippen LogP contribution in [-0.2, 0) is 13.6 Å². The summed E-state index contributed by atoms with van der Waals surface area (Å²) in [6.07, 6.45) is 4.73. The van der Waals surface area contributed by atoms with E-state index in [2.05, 4.69) is 43.9 Å². The molecule has 0 saturated heterocycles. The largest absolute Gasteiger partial charge is 0.310 e. The van der Waals surface area contributed by atoms with Gasteiger partial charge in [0.15, 0.2) is 0 Å². The Morgan fingerprint density at radius 1 is 1.29 bits per heavy atom. The minimum Gasteiger partial charge on any atom is -0.310 e. The Hall–Kier alpha value is -1.62. The first-order valence-electron chi connectivity index (χ1n) is 7.79. The minimum atomic E-state index is 0.370. The van der Waals surface area contributed by atoms with Crippen LogP contribution in [0, 0.1) is 13.8 Å². The minimum absolute atomic E-state index is 0.370. The fraction of sp³-hybridized carbons (Fsp3) is 0.625. The van der Waals surface area contributed by atoms with Crippen LogP contribution in [0.15, 0.2) is 6.20 Å². The van der Waals surface area contributed by atoms with E-state index in [1.165, 1.54) is 29.7 Å². The number of rotatable bonds is 5. The Morgan fingerprint density at radius 2 is 2.00 bits per heavy atom. The van der Waals surface area contributed by atoms with E-state index in [-0.39, 0.29) is 0 Å². The van der Waals surface area contributed by atoms with Crippen LogP contribution in [-0.4, -0.2) is 25.6 Å². The van der Waals surface area contributed by atoms with Crippen molar-refractivity contribution in [2.24, 2.45) is 7.05 Å². The third-order valence-electron chi connectivity index (χ3n) is 4.11. The van der Waals surface area contributed by atoms with Crippen molar-refractivity contribution in [1.29, 1.82) is 0 Å². The predicted molar refractivity (Wildman–Crippen MR) is 84.1 cm³/mol. The molecule has 0 bridgehead atoms. The summed E-state index contributed by atoms with van der Waals surface area (Å²) in [7, 11) is 1.99. The molecule has 1 aliphatic carbocycles. The van der Waals surface area contributed by atoms with Gasteiger partial charge in [-0.3, -0.25) is 9.36 Å².